The predicted molar refractivity (Wildman–Crippen MR) is 79.6 cm³/mol. The second-order valence-corrected chi connectivity index (χ2v) is 5.50. The Hall–Kier alpha value is -1.36. The van der Waals surface area contributed by atoms with Crippen molar-refractivity contribution in [3.8, 4) is 0 Å². The molecule has 112 valence electrons. The summed E-state index contributed by atoms with van der Waals surface area (Å²) in [7, 11) is 0. The molecule has 1 amide bonds. The van der Waals surface area contributed by atoms with E-state index in [1.165, 1.54) is 0 Å². The Morgan fingerprint density at radius 3 is 2.65 bits per heavy atom. The number of carbonyl (C=O) groups is 1. The topological polar surface area (TPSA) is 64.2 Å². The van der Waals surface area contributed by atoms with E-state index in [4.69, 9.17) is 5.73 Å². The van der Waals surface area contributed by atoms with E-state index in [-0.39, 0.29) is 5.91 Å². The second kappa shape index (κ2) is 6.88. The Morgan fingerprint density at radius 1 is 1.40 bits per heavy atom. The van der Waals surface area contributed by atoms with Crippen molar-refractivity contribution in [2.45, 2.75) is 46.1 Å². The first-order valence-electron chi connectivity index (χ1n) is 7.75. The van der Waals surface area contributed by atoms with Gasteiger partial charge in [-0.05, 0) is 51.1 Å². The van der Waals surface area contributed by atoms with E-state index in [0.29, 0.717) is 5.92 Å². The summed E-state index contributed by atoms with van der Waals surface area (Å²) in [5.41, 5.74) is 7.34. The first-order chi connectivity index (χ1) is 9.69. The largest absolute Gasteiger partial charge is 0.337 e. The highest BCUT2D eigenvalue weighted by molar-refractivity contribution is 5.92. The maximum atomic E-state index is 12.6. The first kappa shape index (κ1) is 15.0. The van der Waals surface area contributed by atoms with Crippen LogP contribution in [0.2, 0.25) is 0 Å². The van der Waals surface area contributed by atoms with Crippen LogP contribution >= 0.6 is 0 Å². The zero-order chi connectivity index (χ0) is 14.5. The van der Waals surface area contributed by atoms with Gasteiger partial charge in [0.15, 0.2) is 0 Å². The number of nitrogens with zero attached hydrogens (tertiary/aromatic N) is 3. The number of carbonyl (C=O) groups excluding carboxylic acids is 1. The van der Waals surface area contributed by atoms with Crippen LogP contribution in [0.5, 0.6) is 0 Å². The number of likely N-dealkylation sites (tertiary alicyclic amines) is 1. The summed E-state index contributed by atoms with van der Waals surface area (Å²) in [5.74, 6) is 0.816. The number of piperidine rings is 1. The fourth-order valence-corrected chi connectivity index (χ4v) is 2.88. The third kappa shape index (κ3) is 3.20. The molecule has 0 unspecified atom stereocenters. The molecule has 5 heteroatoms. The predicted octanol–water partition coefficient (Wildman–Crippen LogP) is 1.67. The lowest BCUT2D eigenvalue weighted by Crippen LogP contribution is -2.39. The van der Waals surface area contributed by atoms with Gasteiger partial charge in [0, 0.05) is 19.6 Å². The van der Waals surface area contributed by atoms with Crippen LogP contribution in [-0.2, 0) is 13.0 Å². The van der Waals surface area contributed by atoms with Crippen LogP contribution in [0, 0.1) is 5.92 Å². The molecule has 0 bridgehead atoms. The second-order valence-electron chi connectivity index (χ2n) is 5.50. The van der Waals surface area contributed by atoms with E-state index in [1.54, 1.807) is 0 Å². The number of aryl methyl sites for hydroxylation is 2. The van der Waals surface area contributed by atoms with Crippen LogP contribution in [0.3, 0.4) is 0 Å². The van der Waals surface area contributed by atoms with Crippen LogP contribution < -0.4 is 5.73 Å². The van der Waals surface area contributed by atoms with Crippen LogP contribution in [0.1, 0.15) is 49.3 Å². The van der Waals surface area contributed by atoms with Gasteiger partial charge in [-0.25, -0.2) is 0 Å². The van der Waals surface area contributed by atoms with Gasteiger partial charge in [-0.2, -0.15) is 5.10 Å². The summed E-state index contributed by atoms with van der Waals surface area (Å²) < 4.78 is 1.83. The zero-order valence-electron chi connectivity index (χ0n) is 12.6. The molecule has 5 nitrogen and oxygen atoms in total. The lowest BCUT2D eigenvalue weighted by Gasteiger charge is -2.31. The number of aromatic nitrogens is 2. The van der Waals surface area contributed by atoms with Gasteiger partial charge in [0.1, 0.15) is 5.69 Å². The molecular formula is C15H26N4O. The van der Waals surface area contributed by atoms with Crippen LogP contribution in [0.15, 0.2) is 6.07 Å². The zero-order valence-corrected chi connectivity index (χ0v) is 12.6. The monoisotopic (exact) mass is 278 g/mol. The normalized spacial score (nSPS) is 16.6. The van der Waals surface area contributed by atoms with Crippen LogP contribution in [0.4, 0.5) is 0 Å². The minimum atomic E-state index is 0.130. The van der Waals surface area contributed by atoms with Crippen molar-refractivity contribution in [1.82, 2.24) is 14.7 Å². The summed E-state index contributed by atoms with van der Waals surface area (Å²) >= 11 is 0. The number of rotatable bonds is 5. The molecule has 1 fully saturated rings. The Balaban J connectivity index is 2.03. The average molecular weight is 278 g/mol. The van der Waals surface area contributed by atoms with E-state index < -0.39 is 0 Å². The van der Waals surface area contributed by atoms with Crippen LogP contribution in [0.25, 0.3) is 0 Å². The maximum absolute atomic E-state index is 12.6. The van der Waals surface area contributed by atoms with Gasteiger partial charge in [-0.1, -0.05) is 6.92 Å². The molecule has 0 atom stereocenters. The molecule has 2 rings (SSSR count). The van der Waals surface area contributed by atoms with Crippen molar-refractivity contribution in [2.75, 3.05) is 19.6 Å². The minimum Gasteiger partial charge on any atom is -0.337 e. The van der Waals surface area contributed by atoms with Crippen molar-refractivity contribution in [1.29, 1.82) is 0 Å². The molecule has 0 aromatic carbocycles. The highest BCUT2D eigenvalue weighted by Crippen LogP contribution is 2.21. The smallest absolute Gasteiger partial charge is 0.272 e. The Labute approximate surface area is 121 Å². The van der Waals surface area contributed by atoms with E-state index >= 15 is 0 Å². The summed E-state index contributed by atoms with van der Waals surface area (Å²) in [6, 6.07) is 1.94. The molecular weight excluding hydrogens is 252 g/mol. The molecule has 1 saturated heterocycles. The quantitative estimate of drug-likeness (QED) is 0.891. The lowest BCUT2D eigenvalue weighted by atomic mass is 9.93. The molecule has 2 heterocycles. The SMILES string of the molecule is CCc1cc(C(=O)N2CCC(CCN)CC2)n(CC)n1. The molecule has 2 N–H and O–H groups in total. The molecule has 1 aliphatic heterocycles. The van der Waals surface area contributed by atoms with Gasteiger partial charge in [-0.15, -0.1) is 0 Å². The molecule has 1 aromatic heterocycles. The van der Waals surface area contributed by atoms with E-state index in [9.17, 15) is 4.79 Å². The van der Waals surface area contributed by atoms with Gasteiger partial charge in [0.25, 0.3) is 5.91 Å². The number of hydrogen-bond acceptors (Lipinski definition) is 3. The fraction of sp³-hybridized carbons (Fsp3) is 0.733. The molecule has 0 radical (unpaired) electrons. The number of hydrogen-bond donors (Lipinski definition) is 1. The molecule has 0 aliphatic carbocycles. The highest BCUT2D eigenvalue weighted by Gasteiger charge is 2.25. The Kier molecular flexibility index (Phi) is 5.17. The molecule has 1 aliphatic rings. The van der Waals surface area contributed by atoms with Crippen molar-refractivity contribution in [2.24, 2.45) is 11.7 Å². The summed E-state index contributed by atoms with van der Waals surface area (Å²) in [6.07, 6.45) is 4.09. The minimum absolute atomic E-state index is 0.130. The average Bonchev–Trinajstić information content (AvgIpc) is 2.91. The van der Waals surface area contributed by atoms with Crippen LogP contribution in [-0.4, -0.2) is 40.2 Å². The number of amides is 1. The summed E-state index contributed by atoms with van der Waals surface area (Å²) in [4.78, 5) is 14.6. The molecule has 0 saturated carbocycles. The van der Waals surface area contributed by atoms with Gasteiger partial charge < -0.3 is 10.6 Å². The van der Waals surface area contributed by atoms with Crippen molar-refractivity contribution in [3.05, 3.63) is 17.5 Å². The van der Waals surface area contributed by atoms with E-state index in [1.807, 2.05) is 22.6 Å². The lowest BCUT2D eigenvalue weighted by molar-refractivity contribution is 0.0675. The third-order valence-corrected chi connectivity index (χ3v) is 4.19. The molecule has 1 aromatic rings. The highest BCUT2D eigenvalue weighted by atomic mass is 16.2. The van der Waals surface area contributed by atoms with Gasteiger partial charge in [0.05, 0.1) is 5.69 Å². The van der Waals surface area contributed by atoms with E-state index in [0.717, 1.165) is 63.3 Å². The Bertz CT molecular complexity index is 447. The van der Waals surface area contributed by atoms with Gasteiger partial charge in [-0.3, -0.25) is 9.48 Å². The van der Waals surface area contributed by atoms with E-state index in [2.05, 4.69) is 12.0 Å². The molecule has 0 spiro atoms. The summed E-state index contributed by atoms with van der Waals surface area (Å²) in [6.45, 7) is 7.27. The number of nitrogens with two attached hydrogens (primary N) is 1. The van der Waals surface area contributed by atoms with Crippen molar-refractivity contribution >= 4 is 5.91 Å². The third-order valence-electron chi connectivity index (χ3n) is 4.19. The molecule has 20 heavy (non-hydrogen) atoms. The summed E-state index contributed by atoms with van der Waals surface area (Å²) in [5, 5.41) is 4.46. The van der Waals surface area contributed by atoms with Gasteiger partial charge >= 0.3 is 0 Å². The standard InChI is InChI=1S/C15H26N4O/c1-3-13-11-14(19(4-2)17-13)15(20)18-9-6-12(5-8-16)7-10-18/h11-12H,3-10,16H2,1-2H3. The fourth-order valence-electron chi connectivity index (χ4n) is 2.88. The van der Waals surface area contributed by atoms with Crippen molar-refractivity contribution in [3.63, 3.8) is 0 Å². The maximum Gasteiger partial charge on any atom is 0.272 e. The van der Waals surface area contributed by atoms with Crippen molar-refractivity contribution < 1.29 is 4.79 Å². The Morgan fingerprint density at radius 2 is 2.10 bits per heavy atom. The first-order valence-corrected chi connectivity index (χ1v) is 7.75. The van der Waals surface area contributed by atoms with Gasteiger partial charge in [0.2, 0.25) is 0 Å².